The molecule has 1 atom stereocenters. The van der Waals surface area contributed by atoms with Gasteiger partial charge < -0.3 is 4.74 Å². The minimum atomic E-state index is -3.58. The monoisotopic (exact) mass is 412 g/mol. The first-order chi connectivity index (χ1) is 12.9. The molecular weight excluding hydrogens is 391 g/mol. The molecule has 2 aromatic rings. The molecule has 1 saturated heterocycles. The Morgan fingerprint density at radius 3 is 2.44 bits per heavy atom. The zero-order chi connectivity index (χ0) is 19.3. The summed E-state index contributed by atoms with van der Waals surface area (Å²) in [7, 11) is -3.58. The van der Waals surface area contributed by atoms with Crippen LogP contribution in [0, 0.1) is 5.82 Å². The maximum atomic E-state index is 13.0. The molecule has 1 N–H and O–H groups in total. The van der Waals surface area contributed by atoms with Crippen molar-refractivity contribution in [3.63, 3.8) is 0 Å². The van der Waals surface area contributed by atoms with E-state index in [1.807, 2.05) is 18.2 Å². The molecule has 0 amide bonds. The number of morpholine rings is 1. The number of nitrogens with zero attached hydrogens (tertiary/aromatic N) is 1. The molecule has 0 aliphatic carbocycles. The van der Waals surface area contributed by atoms with E-state index in [1.165, 1.54) is 24.3 Å². The number of benzene rings is 2. The molecule has 2 aromatic carbocycles. The largest absolute Gasteiger partial charge is 0.379 e. The molecule has 1 heterocycles. The van der Waals surface area contributed by atoms with Gasteiger partial charge in [0.25, 0.3) is 0 Å². The highest BCUT2D eigenvalue weighted by atomic mass is 35.5. The second-order valence-electron chi connectivity index (χ2n) is 6.42. The summed E-state index contributed by atoms with van der Waals surface area (Å²) >= 11 is 6.36. The molecule has 0 spiro atoms. The van der Waals surface area contributed by atoms with Gasteiger partial charge in [-0.2, -0.15) is 0 Å². The van der Waals surface area contributed by atoms with Crippen LogP contribution in [0.25, 0.3) is 0 Å². The van der Waals surface area contributed by atoms with Gasteiger partial charge in [-0.1, -0.05) is 41.9 Å². The maximum absolute atomic E-state index is 13.0. The van der Waals surface area contributed by atoms with E-state index >= 15 is 0 Å². The van der Waals surface area contributed by atoms with Crippen LogP contribution < -0.4 is 4.72 Å². The van der Waals surface area contributed by atoms with Gasteiger partial charge in [0, 0.05) is 30.7 Å². The average molecular weight is 413 g/mol. The molecule has 0 bridgehead atoms. The maximum Gasteiger partial charge on any atom is 0.215 e. The fourth-order valence-electron chi connectivity index (χ4n) is 3.13. The Kier molecular flexibility index (Phi) is 6.83. The summed E-state index contributed by atoms with van der Waals surface area (Å²) in [5, 5.41) is 0.603. The van der Waals surface area contributed by atoms with Gasteiger partial charge in [-0.3, -0.25) is 4.90 Å². The molecular formula is C19H22ClFN2O3S. The normalized spacial score (nSPS) is 17.0. The molecule has 3 rings (SSSR count). The Hall–Kier alpha value is -1.51. The van der Waals surface area contributed by atoms with E-state index < -0.39 is 15.8 Å². The lowest BCUT2D eigenvalue weighted by Crippen LogP contribution is -2.44. The second kappa shape index (κ2) is 9.12. The van der Waals surface area contributed by atoms with Crippen molar-refractivity contribution < 1.29 is 17.5 Å². The molecule has 1 fully saturated rings. The first kappa shape index (κ1) is 20.2. The Bertz CT molecular complexity index is 856. The summed E-state index contributed by atoms with van der Waals surface area (Å²) in [6, 6.07) is 12.7. The molecule has 27 heavy (non-hydrogen) atoms. The van der Waals surface area contributed by atoms with Crippen molar-refractivity contribution in [1.29, 1.82) is 0 Å². The summed E-state index contributed by atoms with van der Waals surface area (Å²) in [6.45, 7) is 2.81. The van der Waals surface area contributed by atoms with Crippen LogP contribution in [0.1, 0.15) is 17.2 Å². The van der Waals surface area contributed by atoms with Gasteiger partial charge in [-0.05, 0) is 29.3 Å². The predicted molar refractivity (Wildman–Crippen MR) is 104 cm³/mol. The highest BCUT2D eigenvalue weighted by molar-refractivity contribution is 7.88. The summed E-state index contributed by atoms with van der Waals surface area (Å²) in [4.78, 5) is 2.17. The summed E-state index contributed by atoms with van der Waals surface area (Å²) in [5.74, 6) is -0.596. The van der Waals surface area contributed by atoms with Crippen LogP contribution in [-0.4, -0.2) is 46.2 Å². The van der Waals surface area contributed by atoms with E-state index in [2.05, 4.69) is 9.62 Å². The van der Waals surface area contributed by atoms with Crippen molar-refractivity contribution in [2.24, 2.45) is 0 Å². The fraction of sp³-hybridized carbons (Fsp3) is 0.368. The van der Waals surface area contributed by atoms with Crippen LogP contribution in [0.5, 0.6) is 0 Å². The van der Waals surface area contributed by atoms with Crippen molar-refractivity contribution in [2.75, 3.05) is 32.8 Å². The zero-order valence-electron chi connectivity index (χ0n) is 14.8. The van der Waals surface area contributed by atoms with E-state index in [1.54, 1.807) is 6.07 Å². The summed E-state index contributed by atoms with van der Waals surface area (Å²) in [6.07, 6.45) is 0. The molecule has 0 unspecified atom stereocenters. The van der Waals surface area contributed by atoms with Gasteiger partial charge in [0.05, 0.1) is 19.0 Å². The number of rotatable bonds is 7. The van der Waals surface area contributed by atoms with Crippen molar-refractivity contribution in [1.82, 2.24) is 9.62 Å². The molecule has 0 aromatic heterocycles. The minimum Gasteiger partial charge on any atom is -0.379 e. The Morgan fingerprint density at radius 2 is 1.78 bits per heavy atom. The lowest BCUT2D eigenvalue weighted by molar-refractivity contribution is 0.0172. The van der Waals surface area contributed by atoms with E-state index in [0.717, 1.165) is 5.56 Å². The van der Waals surface area contributed by atoms with Crippen LogP contribution in [0.15, 0.2) is 48.5 Å². The SMILES string of the molecule is O=S(=O)(Cc1ccc(F)cc1)NC[C@H](c1ccccc1Cl)N1CCOCC1. The first-order valence-electron chi connectivity index (χ1n) is 8.72. The van der Waals surface area contributed by atoms with Gasteiger partial charge in [-0.25, -0.2) is 17.5 Å². The topological polar surface area (TPSA) is 58.6 Å². The molecule has 1 aliphatic rings. The molecule has 146 valence electrons. The number of hydrogen-bond donors (Lipinski definition) is 1. The average Bonchev–Trinajstić information content (AvgIpc) is 2.66. The number of sulfonamides is 1. The standard InChI is InChI=1S/C19H22ClFN2O3S/c20-18-4-2-1-3-17(18)19(23-9-11-26-12-10-23)13-22-27(24,25)14-15-5-7-16(21)8-6-15/h1-8,19,22H,9-14H2/t19-/m1/s1. The minimum absolute atomic E-state index is 0.189. The molecule has 1 aliphatic heterocycles. The quantitative estimate of drug-likeness (QED) is 0.759. The summed E-state index contributed by atoms with van der Waals surface area (Å²) in [5.41, 5.74) is 1.41. The smallest absolute Gasteiger partial charge is 0.215 e. The third kappa shape index (κ3) is 5.73. The number of nitrogens with one attached hydrogen (secondary N) is 1. The Morgan fingerprint density at radius 1 is 1.11 bits per heavy atom. The summed E-state index contributed by atoms with van der Waals surface area (Å²) < 4.78 is 46.1. The van der Waals surface area contributed by atoms with Gasteiger partial charge in [0.2, 0.25) is 10.0 Å². The molecule has 8 heteroatoms. The highest BCUT2D eigenvalue weighted by Gasteiger charge is 2.26. The van der Waals surface area contributed by atoms with Gasteiger partial charge in [0.15, 0.2) is 0 Å². The van der Waals surface area contributed by atoms with Crippen molar-refractivity contribution in [3.8, 4) is 0 Å². The van der Waals surface area contributed by atoms with Gasteiger partial charge >= 0.3 is 0 Å². The van der Waals surface area contributed by atoms with Gasteiger partial charge in [-0.15, -0.1) is 0 Å². The van der Waals surface area contributed by atoms with Crippen molar-refractivity contribution >= 4 is 21.6 Å². The Labute approximate surface area is 164 Å². The van der Waals surface area contributed by atoms with Crippen LogP contribution in [0.4, 0.5) is 4.39 Å². The molecule has 0 radical (unpaired) electrons. The predicted octanol–water partition coefficient (Wildman–Crippen LogP) is 2.97. The Balaban J connectivity index is 1.73. The lowest BCUT2D eigenvalue weighted by atomic mass is 10.0. The lowest BCUT2D eigenvalue weighted by Gasteiger charge is -2.35. The fourth-order valence-corrected chi connectivity index (χ4v) is 4.53. The third-order valence-electron chi connectivity index (χ3n) is 4.52. The number of hydrogen-bond acceptors (Lipinski definition) is 4. The van der Waals surface area contributed by atoms with E-state index in [9.17, 15) is 12.8 Å². The zero-order valence-corrected chi connectivity index (χ0v) is 16.3. The highest BCUT2D eigenvalue weighted by Crippen LogP contribution is 2.28. The van der Waals surface area contributed by atoms with Crippen LogP contribution in [0.2, 0.25) is 5.02 Å². The second-order valence-corrected chi connectivity index (χ2v) is 8.63. The van der Waals surface area contributed by atoms with E-state index in [0.29, 0.717) is 36.9 Å². The van der Waals surface area contributed by atoms with Crippen LogP contribution in [-0.2, 0) is 20.5 Å². The number of halogens is 2. The number of ether oxygens (including phenoxy) is 1. The first-order valence-corrected chi connectivity index (χ1v) is 10.8. The van der Waals surface area contributed by atoms with Crippen molar-refractivity contribution in [2.45, 2.75) is 11.8 Å². The van der Waals surface area contributed by atoms with E-state index in [-0.39, 0.29) is 18.3 Å². The van der Waals surface area contributed by atoms with E-state index in [4.69, 9.17) is 16.3 Å². The van der Waals surface area contributed by atoms with Crippen LogP contribution in [0.3, 0.4) is 0 Å². The van der Waals surface area contributed by atoms with Crippen molar-refractivity contribution in [3.05, 3.63) is 70.5 Å². The molecule has 5 nitrogen and oxygen atoms in total. The molecule has 0 saturated carbocycles. The van der Waals surface area contributed by atoms with Gasteiger partial charge in [0.1, 0.15) is 5.82 Å². The third-order valence-corrected chi connectivity index (χ3v) is 6.18. The van der Waals surface area contributed by atoms with Crippen LogP contribution >= 0.6 is 11.6 Å².